The van der Waals surface area contributed by atoms with Gasteiger partial charge in [0.25, 0.3) is 0 Å². The van der Waals surface area contributed by atoms with E-state index in [1.807, 2.05) is 30.5 Å². The fourth-order valence-electron chi connectivity index (χ4n) is 4.52. The van der Waals surface area contributed by atoms with E-state index in [9.17, 15) is 29.1 Å². The van der Waals surface area contributed by atoms with Gasteiger partial charge in [-0.3, -0.25) is 19.2 Å². The van der Waals surface area contributed by atoms with Gasteiger partial charge in [-0.15, -0.1) is 0 Å². The summed E-state index contributed by atoms with van der Waals surface area (Å²) < 4.78 is 0. The molecular formula is C30H37N5O7S. The average molecular weight is 612 g/mol. The smallest absolute Gasteiger partial charge is 0.326 e. The van der Waals surface area contributed by atoms with Crippen molar-refractivity contribution in [3.05, 3.63) is 71.9 Å². The van der Waals surface area contributed by atoms with Crippen LogP contribution < -0.4 is 21.7 Å². The lowest BCUT2D eigenvalue weighted by molar-refractivity contribution is -0.142. The highest BCUT2D eigenvalue weighted by atomic mass is 32.2. The summed E-state index contributed by atoms with van der Waals surface area (Å²) >= 11 is 1.45. The van der Waals surface area contributed by atoms with Crippen LogP contribution in [0.15, 0.2) is 60.8 Å². The monoisotopic (exact) mass is 611 g/mol. The largest absolute Gasteiger partial charge is 0.481 e. The molecule has 0 saturated heterocycles. The molecule has 4 unspecified atom stereocenters. The van der Waals surface area contributed by atoms with E-state index in [1.165, 1.54) is 11.8 Å². The number of hydrogen-bond acceptors (Lipinski definition) is 7. The number of amides is 3. The highest BCUT2D eigenvalue weighted by molar-refractivity contribution is 7.98. The van der Waals surface area contributed by atoms with Gasteiger partial charge in [-0.2, -0.15) is 11.8 Å². The zero-order chi connectivity index (χ0) is 31.4. The number of carboxylic acids is 2. The van der Waals surface area contributed by atoms with Crippen molar-refractivity contribution in [3.63, 3.8) is 0 Å². The molecule has 0 aliphatic rings. The molecule has 0 aliphatic heterocycles. The quantitative estimate of drug-likeness (QED) is 0.118. The molecule has 1 heterocycles. The normalized spacial score (nSPS) is 13.8. The number of rotatable bonds is 17. The molecule has 3 aromatic rings. The lowest BCUT2D eigenvalue weighted by Crippen LogP contribution is -2.58. The van der Waals surface area contributed by atoms with E-state index in [1.54, 1.807) is 36.5 Å². The van der Waals surface area contributed by atoms with Crippen molar-refractivity contribution in [2.24, 2.45) is 5.73 Å². The number of para-hydroxylation sites is 1. The molecule has 4 atom stereocenters. The van der Waals surface area contributed by atoms with Crippen molar-refractivity contribution < 1.29 is 34.2 Å². The van der Waals surface area contributed by atoms with E-state index >= 15 is 0 Å². The van der Waals surface area contributed by atoms with Gasteiger partial charge in [-0.1, -0.05) is 48.5 Å². The first kappa shape index (κ1) is 33.1. The van der Waals surface area contributed by atoms with E-state index in [0.717, 1.165) is 22.0 Å². The molecule has 12 nitrogen and oxygen atoms in total. The number of nitrogens with two attached hydrogens (primary N) is 1. The summed E-state index contributed by atoms with van der Waals surface area (Å²) in [5.74, 6) is -3.87. The zero-order valence-electron chi connectivity index (χ0n) is 23.7. The van der Waals surface area contributed by atoms with Gasteiger partial charge in [0.2, 0.25) is 17.7 Å². The maximum absolute atomic E-state index is 13.8. The predicted molar refractivity (Wildman–Crippen MR) is 163 cm³/mol. The van der Waals surface area contributed by atoms with Crippen LogP contribution in [0.5, 0.6) is 0 Å². The topological polar surface area (TPSA) is 204 Å². The first-order valence-corrected chi connectivity index (χ1v) is 15.2. The minimum atomic E-state index is -1.19. The Morgan fingerprint density at radius 1 is 0.814 bits per heavy atom. The van der Waals surface area contributed by atoms with Crippen LogP contribution in [0.2, 0.25) is 0 Å². The molecule has 3 rings (SSSR count). The van der Waals surface area contributed by atoms with Crippen LogP contribution in [0, 0.1) is 0 Å². The number of aromatic amines is 1. The van der Waals surface area contributed by atoms with Crippen molar-refractivity contribution in [1.29, 1.82) is 0 Å². The SMILES string of the molecule is CSCCC(NC(=O)C(Cc1ccccc1)NC(=O)C(Cc1c[nH]c2ccccc12)NC(=O)C(N)CCC(=O)O)C(=O)O. The second-order valence-electron chi connectivity index (χ2n) is 10.1. The molecule has 8 N–H and O–H groups in total. The number of carbonyl (C=O) groups excluding carboxylic acids is 3. The molecule has 0 spiro atoms. The van der Waals surface area contributed by atoms with Crippen molar-refractivity contribution in [2.75, 3.05) is 12.0 Å². The number of thioether (sulfide) groups is 1. The van der Waals surface area contributed by atoms with Crippen LogP contribution in [0.25, 0.3) is 10.9 Å². The fourth-order valence-corrected chi connectivity index (χ4v) is 4.99. The lowest BCUT2D eigenvalue weighted by atomic mass is 10.0. The van der Waals surface area contributed by atoms with Gasteiger partial charge < -0.3 is 36.9 Å². The molecule has 0 radical (unpaired) electrons. The van der Waals surface area contributed by atoms with Crippen LogP contribution in [-0.2, 0) is 36.8 Å². The molecular weight excluding hydrogens is 574 g/mol. The fraction of sp³-hybridized carbons (Fsp3) is 0.367. The second-order valence-corrected chi connectivity index (χ2v) is 11.1. The van der Waals surface area contributed by atoms with Gasteiger partial charge in [-0.25, -0.2) is 4.79 Å². The molecule has 1 aromatic heterocycles. The third-order valence-electron chi connectivity index (χ3n) is 6.88. The summed E-state index contributed by atoms with van der Waals surface area (Å²) in [7, 11) is 0. The molecule has 0 bridgehead atoms. The average Bonchev–Trinajstić information content (AvgIpc) is 3.40. The van der Waals surface area contributed by atoms with Crippen molar-refractivity contribution in [2.45, 2.75) is 56.3 Å². The van der Waals surface area contributed by atoms with Crippen LogP contribution in [0.3, 0.4) is 0 Å². The Bertz CT molecular complexity index is 1410. The molecule has 43 heavy (non-hydrogen) atoms. The molecule has 2 aromatic carbocycles. The molecule has 13 heteroatoms. The molecule has 230 valence electrons. The maximum Gasteiger partial charge on any atom is 0.326 e. The summed E-state index contributed by atoms with van der Waals surface area (Å²) in [6.45, 7) is 0. The van der Waals surface area contributed by atoms with Gasteiger partial charge in [0, 0.05) is 36.4 Å². The van der Waals surface area contributed by atoms with Gasteiger partial charge >= 0.3 is 11.9 Å². The maximum atomic E-state index is 13.8. The van der Waals surface area contributed by atoms with E-state index < -0.39 is 53.8 Å². The van der Waals surface area contributed by atoms with E-state index in [0.29, 0.717) is 5.75 Å². The second kappa shape index (κ2) is 16.3. The van der Waals surface area contributed by atoms with E-state index in [4.69, 9.17) is 10.8 Å². The number of nitrogens with one attached hydrogen (secondary N) is 4. The zero-order valence-corrected chi connectivity index (χ0v) is 24.6. The summed E-state index contributed by atoms with van der Waals surface area (Å²) in [5, 5.41) is 27.3. The van der Waals surface area contributed by atoms with E-state index in [2.05, 4.69) is 20.9 Å². The Labute approximate surface area is 253 Å². The van der Waals surface area contributed by atoms with Gasteiger partial charge in [-0.05, 0) is 42.0 Å². The third kappa shape index (κ3) is 10.1. The van der Waals surface area contributed by atoms with Gasteiger partial charge in [0.1, 0.15) is 18.1 Å². The van der Waals surface area contributed by atoms with Crippen molar-refractivity contribution in [1.82, 2.24) is 20.9 Å². The minimum absolute atomic E-state index is 0.0401. The summed E-state index contributed by atoms with van der Waals surface area (Å²) in [6, 6.07) is 11.7. The van der Waals surface area contributed by atoms with Crippen LogP contribution >= 0.6 is 11.8 Å². The van der Waals surface area contributed by atoms with Crippen molar-refractivity contribution >= 4 is 52.3 Å². The number of aromatic nitrogens is 1. The van der Waals surface area contributed by atoms with Crippen molar-refractivity contribution in [3.8, 4) is 0 Å². The standard InChI is InChI=1S/C30H37N5O7S/c1-43-14-13-23(30(41)42)33-28(39)24(15-18-7-3-2-4-8-18)35-29(40)25(34-27(38)21(31)11-12-26(36)37)16-19-17-32-22-10-6-5-9-20(19)22/h2-10,17,21,23-25,32H,11-16,31H2,1H3,(H,33,39)(H,34,38)(H,35,40)(H,36,37)(H,41,42). The van der Waals surface area contributed by atoms with Crippen LogP contribution in [0.1, 0.15) is 30.4 Å². The lowest BCUT2D eigenvalue weighted by Gasteiger charge is -2.25. The van der Waals surface area contributed by atoms with E-state index in [-0.39, 0.29) is 32.1 Å². The molecule has 3 amide bonds. The Hall–Kier alpha value is -4.36. The molecule has 0 aliphatic carbocycles. The Balaban J connectivity index is 1.87. The third-order valence-corrected chi connectivity index (χ3v) is 7.52. The first-order chi connectivity index (χ1) is 20.6. The van der Waals surface area contributed by atoms with Gasteiger partial charge in [0.05, 0.1) is 6.04 Å². The number of aliphatic carboxylic acids is 2. The minimum Gasteiger partial charge on any atom is -0.481 e. The number of benzene rings is 2. The van der Waals surface area contributed by atoms with Crippen LogP contribution in [-0.4, -0.2) is 81.0 Å². The van der Waals surface area contributed by atoms with Gasteiger partial charge in [0.15, 0.2) is 0 Å². The highest BCUT2D eigenvalue weighted by Gasteiger charge is 2.31. The highest BCUT2D eigenvalue weighted by Crippen LogP contribution is 2.19. The summed E-state index contributed by atoms with van der Waals surface area (Å²) in [6.07, 6.45) is 3.40. The Morgan fingerprint density at radius 3 is 2.07 bits per heavy atom. The molecule has 0 fully saturated rings. The van der Waals surface area contributed by atoms with Crippen LogP contribution in [0.4, 0.5) is 0 Å². The number of fused-ring (bicyclic) bond motifs is 1. The first-order valence-electron chi connectivity index (χ1n) is 13.8. The Kier molecular flexibility index (Phi) is 12.6. The number of carboxylic acid groups (broad SMARTS) is 2. The summed E-state index contributed by atoms with van der Waals surface area (Å²) in [5.41, 5.74) is 8.20. The number of hydrogen-bond donors (Lipinski definition) is 7. The summed E-state index contributed by atoms with van der Waals surface area (Å²) in [4.78, 5) is 66.0. The Morgan fingerprint density at radius 2 is 1.42 bits per heavy atom. The number of H-pyrrole nitrogens is 1. The predicted octanol–water partition coefficient (Wildman–Crippen LogP) is 1.44. The number of carbonyl (C=O) groups is 5. The molecule has 0 saturated carbocycles.